The lowest BCUT2D eigenvalue weighted by Crippen LogP contribution is -2.32. The maximum absolute atomic E-state index is 12.5. The van der Waals surface area contributed by atoms with Crippen LogP contribution in [0.2, 0.25) is 0 Å². The fourth-order valence-corrected chi connectivity index (χ4v) is 2.43. The van der Waals surface area contributed by atoms with Crippen LogP contribution < -0.4 is 5.32 Å². The van der Waals surface area contributed by atoms with Crippen LogP contribution in [0.15, 0.2) is 49.2 Å². The van der Waals surface area contributed by atoms with Crippen molar-refractivity contribution in [3.8, 4) is 11.4 Å². The summed E-state index contributed by atoms with van der Waals surface area (Å²) in [6.45, 7) is 0.335. The van der Waals surface area contributed by atoms with Crippen LogP contribution in [0.4, 0.5) is 0 Å². The van der Waals surface area contributed by atoms with Gasteiger partial charge in [0.25, 0.3) is 5.91 Å². The first-order chi connectivity index (χ1) is 12.2. The number of hydrogen-bond acceptors (Lipinski definition) is 6. The fourth-order valence-electron chi connectivity index (χ4n) is 2.43. The van der Waals surface area contributed by atoms with E-state index in [1.165, 1.54) is 12.4 Å². The standard InChI is InChI=1S/C17H18N6O2/c1-23-15(5-8-21-23)14(11-25-2)22-17(24)13-9-19-16(20-10-13)12-3-6-18-7-4-12/h3-10,14H,11H2,1-2H3,(H,22,24)/t14-/m1/s1. The van der Waals surface area contributed by atoms with Gasteiger partial charge in [0.2, 0.25) is 0 Å². The normalized spacial score (nSPS) is 11.9. The lowest BCUT2D eigenvalue weighted by molar-refractivity contribution is 0.0891. The van der Waals surface area contributed by atoms with E-state index in [1.807, 2.05) is 25.2 Å². The van der Waals surface area contributed by atoms with Crippen LogP contribution in [0, 0.1) is 0 Å². The minimum atomic E-state index is -0.315. The Morgan fingerprint density at radius 2 is 1.92 bits per heavy atom. The minimum absolute atomic E-state index is 0.274. The number of pyridine rings is 1. The van der Waals surface area contributed by atoms with Gasteiger partial charge in [0.05, 0.1) is 23.9 Å². The third-order valence-corrected chi connectivity index (χ3v) is 3.71. The number of amides is 1. The molecule has 0 saturated heterocycles. The van der Waals surface area contributed by atoms with Gasteiger partial charge in [-0.3, -0.25) is 14.5 Å². The SMILES string of the molecule is COC[C@@H](NC(=O)c1cnc(-c2ccncc2)nc1)c1ccnn1C. The number of carbonyl (C=O) groups is 1. The molecule has 3 aromatic heterocycles. The van der Waals surface area contributed by atoms with Gasteiger partial charge >= 0.3 is 0 Å². The molecule has 0 aromatic carbocycles. The first kappa shape index (κ1) is 16.7. The molecule has 0 aliphatic rings. The molecule has 0 fully saturated rings. The van der Waals surface area contributed by atoms with Gasteiger partial charge in [0.1, 0.15) is 0 Å². The highest BCUT2D eigenvalue weighted by atomic mass is 16.5. The number of ether oxygens (including phenoxy) is 1. The molecule has 8 heteroatoms. The van der Waals surface area contributed by atoms with Gasteiger partial charge in [-0.05, 0) is 18.2 Å². The second-order valence-corrected chi connectivity index (χ2v) is 5.39. The van der Waals surface area contributed by atoms with Crippen LogP contribution in [0.25, 0.3) is 11.4 Å². The number of hydrogen-bond donors (Lipinski definition) is 1. The number of aromatic nitrogens is 5. The quantitative estimate of drug-likeness (QED) is 0.730. The summed E-state index contributed by atoms with van der Waals surface area (Å²) in [5.41, 5.74) is 2.07. The summed E-state index contributed by atoms with van der Waals surface area (Å²) < 4.78 is 6.90. The summed E-state index contributed by atoms with van der Waals surface area (Å²) in [5.74, 6) is 0.267. The fraction of sp³-hybridized carbons (Fsp3) is 0.235. The predicted molar refractivity (Wildman–Crippen MR) is 90.6 cm³/mol. The predicted octanol–water partition coefficient (Wildman–Crippen LogP) is 1.39. The van der Waals surface area contributed by atoms with Gasteiger partial charge in [-0.25, -0.2) is 9.97 Å². The Morgan fingerprint density at radius 1 is 1.20 bits per heavy atom. The molecule has 0 bridgehead atoms. The zero-order chi connectivity index (χ0) is 17.6. The molecule has 1 amide bonds. The molecule has 25 heavy (non-hydrogen) atoms. The smallest absolute Gasteiger partial charge is 0.255 e. The van der Waals surface area contributed by atoms with E-state index in [1.54, 1.807) is 30.4 Å². The summed E-state index contributed by atoms with van der Waals surface area (Å²) in [6.07, 6.45) is 8.03. The molecule has 0 saturated carbocycles. The van der Waals surface area contributed by atoms with Crippen molar-refractivity contribution in [1.82, 2.24) is 30.0 Å². The maximum Gasteiger partial charge on any atom is 0.255 e. The van der Waals surface area contributed by atoms with E-state index in [9.17, 15) is 4.79 Å². The molecule has 1 N–H and O–H groups in total. The number of nitrogens with zero attached hydrogens (tertiary/aromatic N) is 5. The average Bonchev–Trinajstić information content (AvgIpc) is 3.08. The first-order valence-corrected chi connectivity index (χ1v) is 7.69. The minimum Gasteiger partial charge on any atom is -0.382 e. The molecule has 0 aliphatic heterocycles. The van der Waals surface area contributed by atoms with Gasteiger partial charge in [0.15, 0.2) is 5.82 Å². The zero-order valence-corrected chi connectivity index (χ0v) is 14.0. The van der Waals surface area contributed by atoms with Gasteiger partial charge in [-0.15, -0.1) is 0 Å². The van der Waals surface area contributed by atoms with E-state index >= 15 is 0 Å². The van der Waals surface area contributed by atoms with E-state index in [-0.39, 0.29) is 11.9 Å². The molecule has 3 heterocycles. The number of carbonyl (C=O) groups excluding carboxylic acids is 1. The Kier molecular flexibility index (Phi) is 5.10. The molecule has 1 atom stereocenters. The number of methoxy groups -OCH3 is 1. The van der Waals surface area contributed by atoms with Gasteiger partial charge in [-0.1, -0.05) is 0 Å². The van der Waals surface area contributed by atoms with Crippen molar-refractivity contribution in [2.75, 3.05) is 13.7 Å². The van der Waals surface area contributed by atoms with Crippen molar-refractivity contribution in [1.29, 1.82) is 0 Å². The molecule has 0 spiro atoms. The molecule has 128 valence electrons. The van der Waals surface area contributed by atoms with Crippen LogP contribution in [0.1, 0.15) is 22.1 Å². The zero-order valence-electron chi connectivity index (χ0n) is 14.0. The Hall–Kier alpha value is -3.13. The van der Waals surface area contributed by atoms with E-state index in [2.05, 4.69) is 25.4 Å². The van der Waals surface area contributed by atoms with Crippen LogP contribution in [-0.2, 0) is 11.8 Å². The molecule has 3 rings (SSSR count). The Balaban J connectivity index is 1.75. The topological polar surface area (TPSA) is 94.8 Å². The first-order valence-electron chi connectivity index (χ1n) is 7.69. The third-order valence-electron chi connectivity index (χ3n) is 3.71. The van der Waals surface area contributed by atoms with Crippen LogP contribution in [-0.4, -0.2) is 44.4 Å². The molecular weight excluding hydrogens is 320 g/mol. The maximum atomic E-state index is 12.5. The highest BCUT2D eigenvalue weighted by Gasteiger charge is 2.19. The summed E-state index contributed by atoms with van der Waals surface area (Å²) in [6, 6.07) is 5.15. The summed E-state index contributed by atoms with van der Waals surface area (Å²) in [4.78, 5) is 25.0. The van der Waals surface area contributed by atoms with Crippen molar-refractivity contribution in [3.63, 3.8) is 0 Å². The highest BCUT2D eigenvalue weighted by molar-refractivity contribution is 5.94. The van der Waals surface area contributed by atoms with Crippen LogP contribution >= 0.6 is 0 Å². The molecule has 0 aliphatic carbocycles. The molecule has 0 unspecified atom stereocenters. The molecule has 0 radical (unpaired) electrons. The van der Waals surface area contributed by atoms with E-state index in [0.29, 0.717) is 18.0 Å². The van der Waals surface area contributed by atoms with Gasteiger partial charge in [-0.2, -0.15) is 5.10 Å². The van der Waals surface area contributed by atoms with E-state index in [0.717, 1.165) is 11.3 Å². The Morgan fingerprint density at radius 3 is 2.52 bits per heavy atom. The number of aryl methyl sites for hydroxylation is 1. The van der Waals surface area contributed by atoms with Crippen molar-refractivity contribution in [2.24, 2.45) is 7.05 Å². The largest absolute Gasteiger partial charge is 0.382 e. The molecule has 8 nitrogen and oxygen atoms in total. The lowest BCUT2D eigenvalue weighted by atomic mass is 10.2. The van der Waals surface area contributed by atoms with Crippen LogP contribution in [0.3, 0.4) is 0 Å². The summed E-state index contributed by atoms with van der Waals surface area (Å²) in [7, 11) is 3.40. The van der Waals surface area contributed by atoms with Crippen LogP contribution in [0.5, 0.6) is 0 Å². The molecule has 3 aromatic rings. The molecular formula is C17H18N6O2. The highest BCUT2D eigenvalue weighted by Crippen LogP contribution is 2.15. The van der Waals surface area contributed by atoms with E-state index < -0.39 is 0 Å². The summed E-state index contributed by atoms with van der Waals surface area (Å²) >= 11 is 0. The Bertz CT molecular complexity index is 832. The lowest BCUT2D eigenvalue weighted by Gasteiger charge is -2.18. The number of rotatable bonds is 6. The number of nitrogens with one attached hydrogen (secondary N) is 1. The van der Waals surface area contributed by atoms with Crippen molar-refractivity contribution >= 4 is 5.91 Å². The third kappa shape index (κ3) is 3.86. The van der Waals surface area contributed by atoms with Gasteiger partial charge in [0, 0.05) is 50.7 Å². The average molecular weight is 338 g/mol. The second kappa shape index (κ2) is 7.63. The second-order valence-electron chi connectivity index (χ2n) is 5.39. The van der Waals surface area contributed by atoms with Gasteiger partial charge < -0.3 is 10.1 Å². The Labute approximate surface area is 144 Å². The van der Waals surface area contributed by atoms with Crippen molar-refractivity contribution in [3.05, 3.63) is 60.4 Å². The van der Waals surface area contributed by atoms with E-state index in [4.69, 9.17) is 4.74 Å². The van der Waals surface area contributed by atoms with Crippen molar-refractivity contribution < 1.29 is 9.53 Å². The van der Waals surface area contributed by atoms with Crippen molar-refractivity contribution in [2.45, 2.75) is 6.04 Å². The summed E-state index contributed by atoms with van der Waals surface area (Å²) in [5, 5.41) is 7.05. The monoisotopic (exact) mass is 338 g/mol.